The Morgan fingerprint density at radius 1 is 1.00 bits per heavy atom. The zero-order valence-corrected chi connectivity index (χ0v) is 13.0. The van der Waals surface area contributed by atoms with E-state index in [4.69, 9.17) is 9.47 Å². The number of nitrogens with one attached hydrogen (secondary N) is 2. The molecule has 2 aromatic rings. The molecule has 0 saturated carbocycles. The predicted octanol–water partition coefficient (Wildman–Crippen LogP) is 3.18. The molecule has 1 aliphatic heterocycles. The highest BCUT2D eigenvalue weighted by molar-refractivity contribution is 6.05. The van der Waals surface area contributed by atoms with Gasteiger partial charge in [0.1, 0.15) is 0 Å². The number of anilines is 2. The largest absolute Gasteiger partial charge is 0.454 e. The maximum atomic E-state index is 12.1. The minimum atomic E-state index is -0.143. The standard InChI is InChI=1S/C18H16N2O4/c1-12(21)20-15-5-3-14(4-6-15)19-9-8-16(22)13-2-7-17-18(10-13)24-11-23-17/h2-10,19H,11H2,1H3,(H,20,21)/b9-8+. The minimum absolute atomic E-state index is 0.120. The molecular weight excluding hydrogens is 308 g/mol. The van der Waals surface area contributed by atoms with Crippen molar-refractivity contribution in [3.05, 3.63) is 60.3 Å². The van der Waals surface area contributed by atoms with Gasteiger partial charge in [-0.1, -0.05) is 0 Å². The molecule has 6 heteroatoms. The van der Waals surface area contributed by atoms with Gasteiger partial charge in [-0.2, -0.15) is 0 Å². The molecule has 0 saturated heterocycles. The summed E-state index contributed by atoms with van der Waals surface area (Å²) in [5.74, 6) is 0.962. The molecule has 0 aliphatic carbocycles. The van der Waals surface area contributed by atoms with Crippen LogP contribution in [-0.2, 0) is 4.79 Å². The third-order valence-corrected chi connectivity index (χ3v) is 3.35. The fourth-order valence-electron chi connectivity index (χ4n) is 2.21. The minimum Gasteiger partial charge on any atom is -0.454 e. The zero-order chi connectivity index (χ0) is 16.9. The van der Waals surface area contributed by atoms with Crippen LogP contribution in [0.4, 0.5) is 11.4 Å². The van der Waals surface area contributed by atoms with E-state index in [1.165, 1.54) is 13.0 Å². The number of allylic oxidation sites excluding steroid dienone is 1. The van der Waals surface area contributed by atoms with Crippen LogP contribution in [0.2, 0.25) is 0 Å². The van der Waals surface area contributed by atoms with E-state index in [-0.39, 0.29) is 18.5 Å². The molecule has 0 fully saturated rings. The second-order valence-electron chi connectivity index (χ2n) is 5.17. The molecule has 1 amide bonds. The van der Waals surface area contributed by atoms with Gasteiger partial charge in [0.25, 0.3) is 0 Å². The molecule has 0 radical (unpaired) electrons. The van der Waals surface area contributed by atoms with E-state index in [0.717, 1.165) is 5.69 Å². The summed E-state index contributed by atoms with van der Waals surface area (Å²) in [7, 11) is 0. The van der Waals surface area contributed by atoms with E-state index in [0.29, 0.717) is 22.7 Å². The molecule has 0 bridgehead atoms. The number of carbonyl (C=O) groups is 2. The fraction of sp³-hybridized carbons (Fsp3) is 0.111. The van der Waals surface area contributed by atoms with Crippen LogP contribution in [0.5, 0.6) is 11.5 Å². The number of ketones is 1. The Bertz CT molecular complexity index is 797. The second-order valence-corrected chi connectivity index (χ2v) is 5.17. The van der Waals surface area contributed by atoms with E-state index in [1.54, 1.807) is 48.7 Å². The predicted molar refractivity (Wildman–Crippen MR) is 90.4 cm³/mol. The number of carbonyl (C=O) groups excluding carboxylic acids is 2. The molecule has 6 nitrogen and oxygen atoms in total. The number of hydrogen-bond acceptors (Lipinski definition) is 5. The maximum Gasteiger partial charge on any atom is 0.231 e. The summed E-state index contributed by atoms with van der Waals surface area (Å²) in [5.41, 5.74) is 2.05. The smallest absolute Gasteiger partial charge is 0.231 e. The highest BCUT2D eigenvalue weighted by Gasteiger charge is 2.14. The van der Waals surface area contributed by atoms with Crippen LogP contribution >= 0.6 is 0 Å². The molecule has 0 aromatic heterocycles. The molecule has 1 aliphatic rings. The fourth-order valence-corrected chi connectivity index (χ4v) is 2.21. The van der Waals surface area contributed by atoms with E-state index in [9.17, 15) is 9.59 Å². The Hall–Kier alpha value is -3.28. The first-order valence-corrected chi connectivity index (χ1v) is 7.36. The van der Waals surface area contributed by atoms with Crippen molar-refractivity contribution in [3.8, 4) is 11.5 Å². The van der Waals surface area contributed by atoms with Gasteiger partial charge in [-0.3, -0.25) is 9.59 Å². The Labute approximate surface area is 139 Å². The van der Waals surface area contributed by atoms with Crippen molar-refractivity contribution in [2.45, 2.75) is 6.92 Å². The van der Waals surface area contributed by atoms with E-state index in [2.05, 4.69) is 10.6 Å². The monoisotopic (exact) mass is 324 g/mol. The lowest BCUT2D eigenvalue weighted by Gasteiger charge is -2.04. The molecule has 24 heavy (non-hydrogen) atoms. The lowest BCUT2D eigenvalue weighted by Crippen LogP contribution is -2.05. The summed E-state index contributed by atoms with van der Waals surface area (Å²) in [6.45, 7) is 1.63. The third-order valence-electron chi connectivity index (χ3n) is 3.35. The lowest BCUT2D eigenvalue weighted by atomic mass is 10.1. The molecule has 2 aromatic carbocycles. The quantitative estimate of drug-likeness (QED) is 0.652. The highest BCUT2D eigenvalue weighted by atomic mass is 16.7. The van der Waals surface area contributed by atoms with Gasteiger partial charge in [-0.05, 0) is 42.5 Å². The average Bonchev–Trinajstić information content (AvgIpc) is 3.03. The van der Waals surface area contributed by atoms with Crippen LogP contribution in [0.15, 0.2) is 54.7 Å². The molecule has 2 N–H and O–H groups in total. The SMILES string of the molecule is CC(=O)Nc1ccc(N/C=C/C(=O)c2ccc3c(c2)OCO3)cc1. The Morgan fingerprint density at radius 3 is 2.46 bits per heavy atom. The summed E-state index contributed by atoms with van der Waals surface area (Å²) < 4.78 is 10.5. The lowest BCUT2D eigenvalue weighted by molar-refractivity contribution is -0.114. The van der Waals surface area contributed by atoms with Crippen molar-refractivity contribution in [1.82, 2.24) is 0 Å². The number of hydrogen-bond donors (Lipinski definition) is 2. The molecule has 0 unspecified atom stereocenters. The summed E-state index contributed by atoms with van der Waals surface area (Å²) in [5, 5.41) is 5.70. The molecule has 3 rings (SSSR count). The summed E-state index contributed by atoms with van der Waals surface area (Å²) >= 11 is 0. The first-order valence-electron chi connectivity index (χ1n) is 7.36. The van der Waals surface area contributed by atoms with Gasteiger partial charge in [0.05, 0.1) is 0 Å². The van der Waals surface area contributed by atoms with Crippen molar-refractivity contribution >= 4 is 23.1 Å². The van der Waals surface area contributed by atoms with Crippen molar-refractivity contribution in [2.24, 2.45) is 0 Å². The van der Waals surface area contributed by atoms with E-state index in [1.807, 2.05) is 0 Å². The number of ether oxygens (including phenoxy) is 2. The average molecular weight is 324 g/mol. The summed E-state index contributed by atoms with van der Waals surface area (Å²) in [6, 6.07) is 12.2. The van der Waals surface area contributed by atoms with Crippen molar-refractivity contribution in [1.29, 1.82) is 0 Å². The molecule has 1 heterocycles. The van der Waals surface area contributed by atoms with Gasteiger partial charge in [0, 0.05) is 36.1 Å². The van der Waals surface area contributed by atoms with Gasteiger partial charge >= 0.3 is 0 Å². The summed E-state index contributed by atoms with van der Waals surface area (Å²) in [6.07, 6.45) is 3.01. The second kappa shape index (κ2) is 6.87. The van der Waals surface area contributed by atoms with Crippen molar-refractivity contribution < 1.29 is 19.1 Å². The van der Waals surface area contributed by atoms with Crippen molar-refractivity contribution in [2.75, 3.05) is 17.4 Å². The third kappa shape index (κ3) is 3.73. The Kier molecular flexibility index (Phi) is 4.47. The van der Waals surface area contributed by atoms with Crippen LogP contribution in [0.25, 0.3) is 0 Å². The normalized spacial score (nSPS) is 12.2. The number of rotatable bonds is 5. The molecular formula is C18H16N2O4. The van der Waals surface area contributed by atoms with Gasteiger partial charge in [-0.15, -0.1) is 0 Å². The topological polar surface area (TPSA) is 76.7 Å². The van der Waals surface area contributed by atoms with Crippen LogP contribution < -0.4 is 20.1 Å². The van der Waals surface area contributed by atoms with Crippen LogP contribution in [0, 0.1) is 0 Å². The van der Waals surface area contributed by atoms with E-state index >= 15 is 0 Å². The number of benzene rings is 2. The van der Waals surface area contributed by atoms with Gasteiger partial charge in [0.15, 0.2) is 17.3 Å². The maximum absolute atomic E-state index is 12.1. The van der Waals surface area contributed by atoms with Gasteiger partial charge in [0.2, 0.25) is 12.7 Å². The summed E-state index contributed by atoms with van der Waals surface area (Å²) in [4.78, 5) is 23.1. The van der Waals surface area contributed by atoms with Crippen LogP contribution in [-0.4, -0.2) is 18.5 Å². The van der Waals surface area contributed by atoms with E-state index < -0.39 is 0 Å². The van der Waals surface area contributed by atoms with Gasteiger partial charge in [-0.25, -0.2) is 0 Å². The number of fused-ring (bicyclic) bond motifs is 1. The Balaban J connectivity index is 1.59. The van der Waals surface area contributed by atoms with Crippen LogP contribution in [0.3, 0.4) is 0 Å². The molecule has 122 valence electrons. The molecule has 0 atom stereocenters. The first-order chi connectivity index (χ1) is 11.6. The molecule has 0 spiro atoms. The van der Waals surface area contributed by atoms with Crippen molar-refractivity contribution in [3.63, 3.8) is 0 Å². The zero-order valence-electron chi connectivity index (χ0n) is 13.0. The first kappa shape index (κ1) is 15.6. The number of amides is 1. The van der Waals surface area contributed by atoms with Gasteiger partial charge < -0.3 is 20.1 Å². The van der Waals surface area contributed by atoms with Crippen LogP contribution in [0.1, 0.15) is 17.3 Å². The highest BCUT2D eigenvalue weighted by Crippen LogP contribution is 2.32. The Morgan fingerprint density at radius 2 is 1.71 bits per heavy atom.